The SMILES string of the molecule is Cc1cccc(-c2ccc(CCF)c(-c3ccc(S(=O)(=O)CCO)cc3)c2)n1. The summed E-state index contributed by atoms with van der Waals surface area (Å²) in [6.45, 7) is 1.03. The zero-order valence-electron chi connectivity index (χ0n) is 15.6. The van der Waals surface area contributed by atoms with Gasteiger partial charge in [-0.1, -0.05) is 30.3 Å². The maximum absolute atomic E-state index is 13.0. The average Bonchev–Trinajstić information content (AvgIpc) is 2.69. The molecular formula is C22H22FNO3S. The molecule has 0 bridgehead atoms. The lowest BCUT2D eigenvalue weighted by molar-refractivity contribution is 0.319. The van der Waals surface area contributed by atoms with E-state index in [4.69, 9.17) is 5.11 Å². The molecule has 0 aliphatic heterocycles. The molecule has 0 aliphatic carbocycles. The monoisotopic (exact) mass is 399 g/mol. The molecule has 0 atom stereocenters. The molecule has 1 heterocycles. The van der Waals surface area contributed by atoms with Crippen molar-refractivity contribution in [2.24, 2.45) is 0 Å². The molecule has 3 aromatic rings. The van der Waals surface area contributed by atoms with Crippen LogP contribution in [0.5, 0.6) is 0 Å². The van der Waals surface area contributed by atoms with E-state index in [1.54, 1.807) is 12.1 Å². The Hall–Kier alpha value is -2.57. The summed E-state index contributed by atoms with van der Waals surface area (Å²) < 4.78 is 37.2. The number of aliphatic hydroxyl groups is 1. The van der Waals surface area contributed by atoms with E-state index < -0.39 is 23.1 Å². The van der Waals surface area contributed by atoms with E-state index in [2.05, 4.69) is 4.98 Å². The van der Waals surface area contributed by atoms with E-state index in [0.29, 0.717) is 0 Å². The molecule has 0 amide bonds. The molecule has 6 heteroatoms. The summed E-state index contributed by atoms with van der Waals surface area (Å²) in [5.74, 6) is -0.312. The Kier molecular flexibility index (Phi) is 6.21. The molecule has 0 radical (unpaired) electrons. The zero-order chi connectivity index (χ0) is 20.1. The first-order chi connectivity index (χ1) is 13.4. The van der Waals surface area contributed by atoms with Crippen LogP contribution in [-0.2, 0) is 16.3 Å². The van der Waals surface area contributed by atoms with E-state index >= 15 is 0 Å². The number of benzene rings is 2. The van der Waals surface area contributed by atoms with Gasteiger partial charge in [-0.25, -0.2) is 8.42 Å². The van der Waals surface area contributed by atoms with Crippen LogP contribution >= 0.6 is 0 Å². The Morgan fingerprint density at radius 1 is 1.00 bits per heavy atom. The number of hydrogen-bond donors (Lipinski definition) is 1. The lowest BCUT2D eigenvalue weighted by Crippen LogP contribution is -2.09. The quantitative estimate of drug-likeness (QED) is 0.652. The van der Waals surface area contributed by atoms with Gasteiger partial charge < -0.3 is 5.11 Å². The van der Waals surface area contributed by atoms with Crippen LogP contribution in [0, 0.1) is 6.92 Å². The highest BCUT2D eigenvalue weighted by atomic mass is 32.2. The van der Waals surface area contributed by atoms with Crippen LogP contribution < -0.4 is 0 Å². The fourth-order valence-electron chi connectivity index (χ4n) is 3.11. The molecule has 3 rings (SSSR count). The number of nitrogens with zero attached hydrogens (tertiary/aromatic N) is 1. The number of aliphatic hydroxyl groups excluding tert-OH is 1. The first-order valence-electron chi connectivity index (χ1n) is 9.01. The molecule has 1 aromatic heterocycles. The van der Waals surface area contributed by atoms with E-state index in [-0.39, 0.29) is 17.1 Å². The first kappa shape index (κ1) is 20.2. The van der Waals surface area contributed by atoms with Crippen LogP contribution in [0.4, 0.5) is 4.39 Å². The minimum Gasteiger partial charge on any atom is -0.395 e. The van der Waals surface area contributed by atoms with Crippen molar-refractivity contribution in [3.05, 3.63) is 71.9 Å². The minimum absolute atomic E-state index is 0.161. The second kappa shape index (κ2) is 8.63. The zero-order valence-corrected chi connectivity index (χ0v) is 16.4. The van der Waals surface area contributed by atoms with Gasteiger partial charge in [0.1, 0.15) is 0 Å². The normalized spacial score (nSPS) is 11.5. The van der Waals surface area contributed by atoms with Crippen molar-refractivity contribution in [3.63, 3.8) is 0 Å². The number of pyridine rings is 1. The summed E-state index contributed by atoms with van der Waals surface area (Å²) in [5.41, 5.74) is 5.16. The smallest absolute Gasteiger partial charge is 0.180 e. The Balaban J connectivity index is 2.05. The van der Waals surface area contributed by atoms with Crippen molar-refractivity contribution < 1.29 is 17.9 Å². The van der Waals surface area contributed by atoms with E-state index in [9.17, 15) is 12.8 Å². The van der Waals surface area contributed by atoms with Gasteiger partial charge in [-0.2, -0.15) is 0 Å². The fourth-order valence-corrected chi connectivity index (χ4v) is 4.13. The van der Waals surface area contributed by atoms with Gasteiger partial charge in [0, 0.05) is 17.7 Å². The molecular weight excluding hydrogens is 377 g/mol. The topological polar surface area (TPSA) is 67.3 Å². The number of hydrogen-bond acceptors (Lipinski definition) is 4. The lowest BCUT2D eigenvalue weighted by Gasteiger charge is -2.12. The number of aryl methyl sites for hydroxylation is 2. The Morgan fingerprint density at radius 3 is 2.36 bits per heavy atom. The molecule has 0 unspecified atom stereocenters. The van der Waals surface area contributed by atoms with Crippen molar-refractivity contribution in [2.45, 2.75) is 18.2 Å². The van der Waals surface area contributed by atoms with Crippen LogP contribution in [0.25, 0.3) is 22.4 Å². The van der Waals surface area contributed by atoms with E-state index in [1.807, 2.05) is 43.3 Å². The third-order valence-corrected chi connectivity index (χ3v) is 6.25. The van der Waals surface area contributed by atoms with Crippen molar-refractivity contribution >= 4 is 9.84 Å². The lowest BCUT2D eigenvalue weighted by atomic mass is 9.94. The summed E-state index contributed by atoms with van der Waals surface area (Å²) in [4.78, 5) is 4.70. The van der Waals surface area contributed by atoms with Crippen molar-refractivity contribution in [2.75, 3.05) is 19.0 Å². The van der Waals surface area contributed by atoms with Gasteiger partial charge in [0.25, 0.3) is 0 Å². The summed E-state index contributed by atoms with van der Waals surface area (Å²) in [6, 6.07) is 18.1. The van der Waals surface area contributed by atoms with Crippen LogP contribution in [0.3, 0.4) is 0 Å². The molecule has 28 heavy (non-hydrogen) atoms. The Morgan fingerprint density at radius 2 is 1.71 bits per heavy atom. The predicted octanol–water partition coefficient (Wildman–Crippen LogP) is 4.00. The van der Waals surface area contributed by atoms with Crippen LogP contribution in [0.1, 0.15) is 11.3 Å². The van der Waals surface area contributed by atoms with Gasteiger partial charge in [0.2, 0.25) is 0 Å². The number of rotatable bonds is 7. The first-order valence-corrected chi connectivity index (χ1v) is 10.7. The number of halogens is 1. The van der Waals surface area contributed by atoms with Crippen LogP contribution in [0.2, 0.25) is 0 Å². The molecule has 4 nitrogen and oxygen atoms in total. The van der Waals surface area contributed by atoms with Gasteiger partial charge in [0.15, 0.2) is 9.84 Å². The molecule has 0 fully saturated rings. The van der Waals surface area contributed by atoms with Crippen LogP contribution in [-0.4, -0.2) is 37.5 Å². The highest BCUT2D eigenvalue weighted by Gasteiger charge is 2.15. The maximum atomic E-state index is 13.0. The summed E-state index contributed by atoms with van der Waals surface area (Å²) in [7, 11) is -3.51. The maximum Gasteiger partial charge on any atom is 0.180 e. The highest BCUT2D eigenvalue weighted by molar-refractivity contribution is 7.91. The van der Waals surface area contributed by atoms with Gasteiger partial charge in [0.05, 0.1) is 29.6 Å². The molecule has 2 aromatic carbocycles. The van der Waals surface area contributed by atoms with Crippen molar-refractivity contribution in [1.29, 1.82) is 0 Å². The molecule has 0 saturated heterocycles. The van der Waals surface area contributed by atoms with Gasteiger partial charge in [-0.3, -0.25) is 9.37 Å². The van der Waals surface area contributed by atoms with E-state index in [1.165, 1.54) is 12.1 Å². The average molecular weight is 399 g/mol. The number of sulfone groups is 1. The second-order valence-corrected chi connectivity index (χ2v) is 8.65. The largest absolute Gasteiger partial charge is 0.395 e. The van der Waals surface area contributed by atoms with Crippen molar-refractivity contribution in [3.8, 4) is 22.4 Å². The summed E-state index contributed by atoms with van der Waals surface area (Å²) >= 11 is 0. The van der Waals surface area contributed by atoms with E-state index in [0.717, 1.165) is 33.6 Å². The van der Waals surface area contributed by atoms with Gasteiger partial charge in [-0.15, -0.1) is 0 Å². The summed E-state index contributed by atoms with van der Waals surface area (Å²) in [6.07, 6.45) is 0.279. The summed E-state index contributed by atoms with van der Waals surface area (Å²) in [5, 5.41) is 8.93. The Labute approximate surface area is 164 Å². The standard InChI is InChI=1S/C22H22FNO3S/c1-16-3-2-4-22(24-16)19-6-5-18(11-12-23)21(15-19)17-7-9-20(10-8-17)28(26,27)14-13-25/h2-10,15,25H,11-14H2,1H3. The molecule has 1 N–H and O–H groups in total. The van der Waals surface area contributed by atoms with Crippen molar-refractivity contribution in [1.82, 2.24) is 4.98 Å². The number of aromatic nitrogens is 1. The number of alkyl halides is 1. The van der Waals surface area contributed by atoms with Gasteiger partial charge >= 0.3 is 0 Å². The fraction of sp³-hybridized carbons (Fsp3) is 0.227. The molecule has 0 spiro atoms. The molecule has 146 valence electrons. The highest BCUT2D eigenvalue weighted by Crippen LogP contribution is 2.30. The third kappa shape index (κ3) is 4.46. The third-order valence-electron chi connectivity index (χ3n) is 4.54. The predicted molar refractivity (Wildman–Crippen MR) is 109 cm³/mol. The minimum atomic E-state index is -3.51. The Bertz CT molecular complexity index is 1060. The molecule has 0 aliphatic rings. The molecule has 0 saturated carbocycles. The van der Waals surface area contributed by atoms with Crippen LogP contribution in [0.15, 0.2) is 65.6 Å². The van der Waals surface area contributed by atoms with Gasteiger partial charge in [-0.05, 0) is 53.9 Å². The second-order valence-electron chi connectivity index (χ2n) is 6.54.